The highest BCUT2D eigenvalue weighted by molar-refractivity contribution is 7.15. The lowest BCUT2D eigenvalue weighted by Crippen LogP contribution is -2.28. The number of likely N-dealkylation sites (N-methyl/N-ethyl adjacent to an activating group) is 1. The predicted octanol–water partition coefficient (Wildman–Crippen LogP) is 2.77. The second-order valence-electron chi connectivity index (χ2n) is 6.09. The molecular weight excluding hydrogens is 308 g/mol. The number of carbonyl (C=O) groups excluding carboxylic acids is 1. The molecule has 0 radical (unpaired) electrons. The van der Waals surface area contributed by atoms with Crippen LogP contribution in [0.3, 0.4) is 0 Å². The topological polar surface area (TPSA) is 58.1 Å². The van der Waals surface area contributed by atoms with Gasteiger partial charge in [-0.05, 0) is 19.0 Å². The zero-order valence-corrected chi connectivity index (χ0v) is 14.3. The summed E-state index contributed by atoms with van der Waals surface area (Å²) in [5.74, 6) is 0.215. The van der Waals surface area contributed by atoms with E-state index in [-0.39, 0.29) is 17.7 Å². The van der Waals surface area contributed by atoms with Gasteiger partial charge in [-0.1, -0.05) is 48.6 Å². The molecule has 2 unspecified atom stereocenters. The van der Waals surface area contributed by atoms with Gasteiger partial charge in [0.25, 0.3) is 0 Å². The van der Waals surface area contributed by atoms with Crippen LogP contribution < -0.4 is 5.32 Å². The average Bonchev–Trinajstić information content (AvgIpc) is 3.15. The maximum Gasteiger partial charge on any atom is 0.231 e. The quantitative estimate of drug-likeness (QED) is 0.916. The van der Waals surface area contributed by atoms with E-state index in [0.717, 1.165) is 30.9 Å². The van der Waals surface area contributed by atoms with Gasteiger partial charge in [-0.2, -0.15) is 0 Å². The summed E-state index contributed by atoms with van der Waals surface area (Å²) in [6.45, 7) is 3.78. The highest BCUT2D eigenvalue weighted by atomic mass is 32.1. The fourth-order valence-electron chi connectivity index (χ4n) is 3.12. The number of nitrogens with one attached hydrogen (secondary N) is 1. The third-order valence-corrected chi connectivity index (χ3v) is 5.13. The van der Waals surface area contributed by atoms with E-state index >= 15 is 0 Å². The molecule has 1 aromatic carbocycles. The molecule has 5 nitrogen and oxygen atoms in total. The summed E-state index contributed by atoms with van der Waals surface area (Å²) in [7, 11) is 2.06. The summed E-state index contributed by atoms with van der Waals surface area (Å²) < 4.78 is 0. The molecule has 2 atom stereocenters. The second-order valence-corrected chi connectivity index (χ2v) is 7.15. The minimum absolute atomic E-state index is 0.0439. The van der Waals surface area contributed by atoms with Gasteiger partial charge in [0.15, 0.2) is 0 Å². The maximum atomic E-state index is 12.7. The van der Waals surface area contributed by atoms with Crippen LogP contribution in [0.5, 0.6) is 0 Å². The second kappa shape index (κ2) is 7.19. The number of rotatable bonds is 5. The summed E-state index contributed by atoms with van der Waals surface area (Å²) >= 11 is 1.47. The lowest BCUT2D eigenvalue weighted by molar-refractivity contribution is -0.119. The van der Waals surface area contributed by atoms with E-state index in [4.69, 9.17) is 0 Å². The Morgan fingerprint density at radius 1 is 1.30 bits per heavy atom. The number of aryl methyl sites for hydroxylation is 1. The van der Waals surface area contributed by atoms with Crippen molar-refractivity contribution in [2.45, 2.75) is 25.7 Å². The largest absolute Gasteiger partial charge is 0.305 e. The smallest absolute Gasteiger partial charge is 0.231 e. The molecule has 23 heavy (non-hydrogen) atoms. The van der Waals surface area contributed by atoms with E-state index in [1.807, 2.05) is 18.2 Å². The fourth-order valence-corrected chi connectivity index (χ4v) is 3.97. The van der Waals surface area contributed by atoms with E-state index in [2.05, 4.69) is 46.5 Å². The number of aromatic nitrogens is 2. The minimum atomic E-state index is -0.0547. The molecule has 0 aliphatic carbocycles. The van der Waals surface area contributed by atoms with Gasteiger partial charge in [-0.15, -0.1) is 10.2 Å². The van der Waals surface area contributed by atoms with E-state index in [0.29, 0.717) is 5.13 Å². The van der Waals surface area contributed by atoms with E-state index in [1.54, 1.807) is 0 Å². The number of likely N-dealkylation sites (tertiary alicyclic amines) is 1. The Balaban J connectivity index is 1.71. The lowest BCUT2D eigenvalue weighted by Gasteiger charge is -2.17. The van der Waals surface area contributed by atoms with E-state index < -0.39 is 0 Å². The van der Waals surface area contributed by atoms with Gasteiger partial charge in [0.05, 0.1) is 5.92 Å². The Hall–Kier alpha value is -1.79. The van der Waals surface area contributed by atoms with Gasteiger partial charge in [0.2, 0.25) is 11.0 Å². The molecule has 2 heterocycles. The Kier molecular flexibility index (Phi) is 5.03. The Bertz CT molecular complexity index is 658. The first kappa shape index (κ1) is 16.1. The zero-order chi connectivity index (χ0) is 16.2. The number of amides is 1. The maximum absolute atomic E-state index is 12.7. The molecule has 1 N–H and O–H groups in total. The van der Waals surface area contributed by atoms with Crippen LogP contribution in [-0.4, -0.2) is 41.1 Å². The van der Waals surface area contributed by atoms with Gasteiger partial charge in [-0.3, -0.25) is 4.79 Å². The molecule has 0 spiro atoms. The number of anilines is 1. The van der Waals surface area contributed by atoms with Crippen molar-refractivity contribution >= 4 is 22.4 Å². The number of hydrogen-bond acceptors (Lipinski definition) is 5. The van der Waals surface area contributed by atoms with Crippen LogP contribution in [0.4, 0.5) is 5.13 Å². The van der Waals surface area contributed by atoms with Crippen LogP contribution >= 0.6 is 11.3 Å². The number of carbonyl (C=O) groups is 1. The first-order valence-electron chi connectivity index (χ1n) is 8.04. The number of hydrogen-bond donors (Lipinski definition) is 1. The van der Waals surface area contributed by atoms with Crippen molar-refractivity contribution in [2.24, 2.45) is 5.92 Å². The zero-order valence-electron chi connectivity index (χ0n) is 13.5. The van der Waals surface area contributed by atoms with Crippen molar-refractivity contribution in [1.29, 1.82) is 0 Å². The summed E-state index contributed by atoms with van der Waals surface area (Å²) in [5.41, 5.74) is 1.22. The van der Waals surface area contributed by atoms with Crippen molar-refractivity contribution < 1.29 is 4.79 Å². The molecule has 1 saturated heterocycles. The summed E-state index contributed by atoms with van der Waals surface area (Å²) in [5, 5.41) is 12.8. The van der Waals surface area contributed by atoms with Crippen LogP contribution in [-0.2, 0) is 11.2 Å². The van der Waals surface area contributed by atoms with Gasteiger partial charge < -0.3 is 10.2 Å². The standard InChI is InChI=1S/C17H22N4OS/c1-3-7-15-19-20-17(23-15)18-16(22)14-11-21(2)10-13(14)12-8-5-4-6-9-12/h4-6,8-9,13-14H,3,7,10-11H2,1-2H3,(H,18,20,22). The molecule has 1 amide bonds. The monoisotopic (exact) mass is 330 g/mol. The predicted molar refractivity (Wildman–Crippen MR) is 92.7 cm³/mol. The van der Waals surface area contributed by atoms with Crippen LogP contribution in [0.1, 0.15) is 29.8 Å². The fraction of sp³-hybridized carbons (Fsp3) is 0.471. The Morgan fingerprint density at radius 2 is 2.09 bits per heavy atom. The van der Waals surface area contributed by atoms with E-state index in [1.165, 1.54) is 16.9 Å². The van der Waals surface area contributed by atoms with Gasteiger partial charge in [-0.25, -0.2) is 0 Å². The third-order valence-electron chi connectivity index (χ3n) is 4.23. The van der Waals surface area contributed by atoms with Crippen molar-refractivity contribution in [1.82, 2.24) is 15.1 Å². The molecule has 0 bridgehead atoms. The van der Waals surface area contributed by atoms with Crippen molar-refractivity contribution in [3.63, 3.8) is 0 Å². The molecule has 3 rings (SSSR count). The number of benzene rings is 1. The molecule has 1 aliphatic heterocycles. The third kappa shape index (κ3) is 3.76. The van der Waals surface area contributed by atoms with Crippen LogP contribution in [0.25, 0.3) is 0 Å². The SMILES string of the molecule is CCCc1nnc(NC(=O)C2CN(C)CC2c2ccccc2)s1. The lowest BCUT2D eigenvalue weighted by atomic mass is 9.88. The Morgan fingerprint density at radius 3 is 2.83 bits per heavy atom. The van der Waals surface area contributed by atoms with Gasteiger partial charge in [0, 0.05) is 25.4 Å². The molecule has 6 heteroatoms. The normalized spacial score (nSPS) is 21.5. The van der Waals surface area contributed by atoms with E-state index in [9.17, 15) is 4.79 Å². The van der Waals surface area contributed by atoms with Crippen LogP contribution in [0, 0.1) is 5.92 Å². The molecular formula is C17H22N4OS. The minimum Gasteiger partial charge on any atom is -0.305 e. The summed E-state index contributed by atoms with van der Waals surface area (Å²) in [6, 6.07) is 10.3. The molecule has 2 aromatic rings. The number of nitrogens with zero attached hydrogens (tertiary/aromatic N) is 3. The first-order chi connectivity index (χ1) is 11.2. The highest BCUT2D eigenvalue weighted by Crippen LogP contribution is 2.33. The molecule has 1 fully saturated rings. The summed E-state index contributed by atoms with van der Waals surface area (Å²) in [6.07, 6.45) is 1.94. The van der Waals surface area contributed by atoms with Crippen LogP contribution in [0.15, 0.2) is 30.3 Å². The van der Waals surface area contributed by atoms with Crippen LogP contribution in [0.2, 0.25) is 0 Å². The van der Waals surface area contributed by atoms with Crippen molar-refractivity contribution in [3.05, 3.63) is 40.9 Å². The molecule has 1 aromatic heterocycles. The summed E-state index contributed by atoms with van der Waals surface area (Å²) in [4.78, 5) is 14.9. The van der Waals surface area contributed by atoms with Crippen molar-refractivity contribution in [3.8, 4) is 0 Å². The Labute approximate surface area is 140 Å². The molecule has 0 saturated carbocycles. The first-order valence-corrected chi connectivity index (χ1v) is 8.85. The average molecular weight is 330 g/mol. The molecule has 122 valence electrons. The highest BCUT2D eigenvalue weighted by Gasteiger charge is 2.37. The molecule has 1 aliphatic rings. The van der Waals surface area contributed by atoms with Gasteiger partial charge >= 0.3 is 0 Å². The van der Waals surface area contributed by atoms with Gasteiger partial charge in [0.1, 0.15) is 5.01 Å². The van der Waals surface area contributed by atoms with Crippen molar-refractivity contribution in [2.75, 3.05) is 25.5 Å².